The minimum absolute atomic E-state index is 0.0266. The third-order valence-corrected chi connectivity index (χ3v) is 2.66. The summed E-state index contributed by atoms with van der Waals surface area (Å²) >= 11 is 0. The van der Waals surface area contributed by atoms with Crippen molar-refractivity contribution in [3.8, 4) is 0 Å². The average Bonchev–Trinajstić information content (AvgIpc) is 2.36. The Morgan fingerprint density at radius 2 is 2.00 bits per heavy atom. The molecule has 1 rings (SSSR count). The average molecular weight is 236 g/mol. The van der Waals surface area contributed by atoms with Gasteiger partial charge in [-0.15, -0.1) is 0 Å². The number of amides is 1. The number of anilines is 1. The van der Waals surface area contributed by atoms with Gasteiger partial charge in [-0.05, 0) is 31.7 Å². The summed E-state index contributed by atoms with van der Waals surface area (Å²) in [5, 5.41) is 5.99. The topological polar surface area (TPSA) is 50.4 Å². The zero-order valence-electron chi connectivity index (χ0n) is 10.6. The van der Waals surface area contributed by atoms with Crippen LogP contribution in [0.2, 0.25) is 0 Å². The van der Waals surface area contributed by atoms with Crippen molar-refractivity contribution in [2.45, 2.75) is 19.4 Å². The first-order valence-electron chi connectivity index (χ1n) is 5.73. The third kappa shape index (κ3) is 4.54. The first kappa shape index (κ1) is 13.7. The van der Waals surface area contributed by atoms with Crippen LogP contribution in [-0.2, 0) is 9.53 Å². The van der Waals surface area contributed by atoms with Crippen molar-refractivity contribution < 1.29 is 9.53 Å². The van der Waals surface area contributed by atoms with Crippen LogP contribution >= 0.6 is 0 Å². The molecule has 0 saturated carbocycles. The molecule has 1 amide bonds. The summed E-state index contributed by atoms with van der Waals surface area (Å²) in [4.78, 5) is 11.4. The summed E-state index contributed by atoms with van der Waals surface area (Å²) in [7, 11) is 3.51. The Hall–Kier alpha value is -1.39. The maximum absolute atomic E-state index is 11.4. The molecule has 2 N–H and O–H groups in total. The second-order valence-electron chi connectivity index (χ2n) is 3.92. The van der Waals surface area contributed by atoms with Crippen LogP contribution in [0.1, 0.15) is 24.9 Å². The van der Waals surface area contributed by atoms with E-state index >= 15 is 0 Å². The predicted molar refractivity (Wildman–Crippen MR) is 69.0 cm³/mol. The van der Waals surface area contributed by atoms with E-state index in [4.69, 9.17) is 4.74 Å². The van der Waals surface area contributed by atoms with Crippen molar-refractivity contribution in [1.29, 1.82) is 0 Å². The minimum atomic E-state index is -0.0266. The van der Waals surface area contributed by atoms with Crippen molar-refractivity contribution in [2.24, 2.45) is 0 Å². The molecule has 0 aliphatic heterocycles. The van der Waals surface area contributed by atoms with Gasteiger partial charge in [0, 0.05) is 18.8 Å². The van der Waals surface area contributed by atoms with E-state index < -0.39 is 0 Å². The highest BCUT2D eigenvalue weighted by Crippen LogP contribution is 2.15. The molecule has 0 aliphatic carbocycles. The van der Waals surface area contributed by atoms with Crippen LogP contribution in [0.5, 0.6) is 0 Å². The summed E-state index contributed by atoms with van der Waals surface area (Å²) in [6, 6.07) is 8.15. The van der Waals surface area contributed by atoms with Crippen LogP contribution in [0.3, 0.4) is 0 Å². The fraction of sp³-hybridized carbons (Fsp3) is 0.462. The number of carbonyl (C=O) groups is 1. The van der Waals surface area contributed by atoms with Gasteiger partial charge in [0.15, 0.2) is 0 Å². The number of methoxy groups -OCH3 is 1. The van der Waals surface area contributed by atoms with Crippen LogP contribution in [0.15, 0.2) is 24.3 Å². The van der Waals surface area contributed by atoms with Crippen molar-refractivity contribution >= 4 is 11.6 Å². The van der Waals surface area contributed by atoms with Crippen molar-refractivity contribution in [3.05, 3.63) is 29.8 Å². The molecule has 1 unspecified atom stereocenters. The lowest BCUT2D eigenvalue weighted by atomic mass is 10.1. The second-order valence-corrected chi connectivity index (χ2v) is 3.92. The first-order valence-corrected chi connectivity index (χ1v) is 5.73. The molecule has 1 aromatic rings. The molecule has 0 spiro atoms. The molecule has 0 radical (unpaired) electrons. The maximum atomic E-state index is 11.4. The minimum Gasteiger partial charge on any atom is -0.384 e. The molecule has 1 aromatic carbocycles. The molecule has 94 valence electrons. The molecular formula is C13H20N2O2. The van der Waals surface area contributed by atoms with E-state index in [0.717, 1.165) is 5.69 Å². The molecule has 4 heteroatoms. The Kier molecular flexibility index (Phi) is 5.66. The van der Waals surface area contributed by atoms with Crippen LogP contribution in [-0.4, -0.2) is 26.7 Å². The van der Waals surface area contributed by atoms with Crippen LogP contribution in [0.25, 0.3) is 0 Å². The van der Waals surface area contributed by atoms with Gasteiger partial charge in [-0.3, -0.25) is 4.79 Å². The first-order chi connectivity index (χ1) is 8.17. The van der Waals surface area contributed by atoms with E-state index in [9.17, 15) is 4.79 Å². The van der Waals surface area contributed by atoms with Gasteiger partial charge in [0.25, 0.3) is 0 Å². The summed E-state index contributed by atoms with van der Waals surface area (Å²) in [5.41, 5.74) is 2.01. The smallest absolute Gasteiger partial charge is 0.226 e. The quantitative estimate of drug-likeness (QED) is 0.793. The monoisotopic (exact) mass is 236 g/mol. The van der Waals surface area contributed by atoms with Gasteiger partial charge in [0.1, 0.15) is 0 Å². The number of benzene rings is 1. The van der Waals surface area contributed by atoms with E-state index in [-0.39, 0.29) is 5.91 Å². The SMILES string of the molecule is CNC(C)c1ccc(NC(=O)CCOC)cc1. The fourth-order valence-corrected chi connectivity index (χ4v) is 1.44. The van der Waals surface area contributed by atoms with Gasteiger partial charge in [-0.2, -0.15) is 0 Å². The highest BCUT2D eigenvalue weighted by molar-refractivity contribution is 5.90. The number of hydrogen-bond donors (Lipinski definition) is 2. The van der Waals surface area contributed by atoms with E-state index in [0.29, 0.717) is 19.1 Å². The van der Waals surface area contributed by atoms with Gasteiger partial charge in [-0.1, -0.05) is 12.1 Å². The second kappa shape index (κ2) is 7.04. The molecule has 0 fully saturated rings. The maximum Gasteiger partial charge on any atom is 0.226 e. The Morgan fingerprint density at radius 1 is 1.35 bits per heavy atom. The van der Waals surface area contributed by atoms with Gasteiger partial charge < -0.3 is 15.4 Å². The Morgan fingerprint density at radius 3 is 2.53 bits per heavy atom. The number of rotatable bonds is 6. The number of ether oxygens (including phenoxy) is 1. The lowest BCUT2D eigenvalue weighted by molar-refractivity contribution is -0.117. The van der Waals surface area contributed by atoms with E-state index in [1.165, 1.54) is 5.56 Å². The summed E-state index contributed by atoms with van der Waals surface area (Å²) in [5.74, 6) is -0.0266. The summed E-state index contributed by atoms with van der Waals surface area (Å²) in [6.45, 7) is 2.53. The molecule has 17 heavy (non-hydrogen) atoms. The zero-order valence-corrected chi connectivity index (χ0v) is 10.6. The Labute approximate surface area is 102 Å². The number of carbonyl (C=O) groups excluding carboxylic acids is 1. The summed E-state index contributed by atoms with van der Waals surface area (Å²) < 4.78 is 4.85. The number of hydrogen-bond acceptors (Lipinski definition) is 3. The third-order valence-electron chi connectivity index (χ3n) is 2.66. The van der Waals surface area contributed by atoms with E-state index in [1.807, 2.05) is 31.3 Å². The molecule has 0 bridgehead atoms. The van der Waals surface area contributed by atoms with E-state index in [1.54, 1.807) is 7.11 Å². The van der Waals surface area contributed by atoms with Crippen molar-refractivity contribution in [3.63, 3.8) is 0 Å². The molecule has 0 saturated heterocycles. The molecule has 0 aromatic heterocycles. The molecule has 4 nitrogen and oxygen atoms in total. The molecule has 1 atom stereocenters. The number of nitrogens with one attached hydrogen (secondary N) is 2. The fourth-order valence-electron chi connectivity index (χ4n) is 1.44. The zero-order chi connectivity index (χ0) is 12.7. The lowest BCUT2D eigenvalue weighted by Gasteiger charge is -2.11. The predicted octanol–water partition coefficient (Wildman–Crippen LogP) is 1.94. The van der Waals surface area contributed by atoms with Gasteiger partial charge >= 0.3 is 0 Å². The molecule has 0 heterocycles. The highest BCUT2D eigenvalue weighted by Gasteiger charge is 2.04. The van der Waals surface area contributed by atoms with Gasteiger partial charge in [-0.25, -0.2) is 0 Å². The van der Waals surface area contributed by atoms with E-state index in [2.05, 4.69) is 17.6 Å². The largest absolute Gasteiger partial charge is 0.384 e. The lowest BCUT2D eigenvalue weighted by Crippen LogP contribution is -2.14. The van der Waals surface area contributed by atoms with Crippen LogP contribution < -0.4 is 10.6 Å². The molecular weight excluding hydrogens is 216 g/mol. The summed E-state index contributed by atoms with van der Waals surface area (Å²) in [6.07, 6.45) is 0.380. The van der Waals surface area contributed by atoms with Crippen LogP contribution in [0.4, 0.5) is 5.69 Å². The standard InChI is InChI=1S/C13H20N2O2/c1-10(14-2)11-4-6-12(7-5-11)15-13(16)8-9-17-3/h4-7,10,14H,8-9H2,1-3H3,(H,15,16). The van der Waals surface area contributed by atoms with Crippen molar-refractivity contribution in [1.82, 2.24) is 5.32 Å². The van der Waals surface area contributed by atoms with Crippen molar-refractivity contribution in [2.75, 3.05) is 26.1 Å². The van der Waals surface area contributed by atoms with Gasteiger partial charge in [0.2, 0.25) is 5.91 Å². The molecule has 0 aliphatic rings. The highest BCUT2D eigenvalue weighted by atomic mass is 16.5. The van der Waals surface area contributed by atoms with Crippen LogP contribution in [0, 0.1) is 0 Å². The Balaban J connectivity index is 2.53. The normalized spacial score (nSPS) is 12.2. The van der Waals surface area contributed by atoms with Gasteiger partial charge in [0.05, 0.1) is 13.0 Å². The Bertz CT molecular complexity index is 349.